The molecule has 0 radical (unpaired) electrons. The number of fused-ring (bicyclic) bond motifs is 1. The number of ether oxygens (including phenoxy) is 1. The average Bonchev–Trinajstić information content (AvgIpc) is 3.27. The van der Waals surface area contributed by atoms with Gasteiger partial charge < -0.3 is 20.4 Å². The highest BCUT2D eigenvalue weighted by atomic mass is 16.6. The molecule has 2 aromatic rings. The molecular formula is C22H28N4O3. The first-order valence-electron chi connectivity index (χ1n) is 11.0. The number of benzene rings is 1. The van der Waals surface area contributed by atoms with Gasteiger partial charge in [0.2, 0.25) is 0 Å². The van der Waals surface area contributed by atoms with E-state index in [0.29, 0.717) is 30.6 Å². The molecule has 7 rings (SSSR count). The van der Waals surface area contributed by atoms with Crippen molar-refractivity contribution in [3.8, 4) is 0 Å². The number of amides is 1. The number of nitrogens with zero attached hydrogens (tertiary/aromatic N) is 2. The summed E-state index contributed by atoms with van der Waals surface area (Å²) in [5, 5.41) is 0. The summed E-state index contributed by atoms with van der Waals surface area (Å²) in [6.07, 6.45) is 7.02. The number of hydrogen-bond donors (Lipinski definition) is 2. The first kappa shape index (κ1) is 17.4. The number of imidazole rings is 1. The molecule has 5 fully saturated rings. The molecule has 5 aliphatic rings. The van der Waals surface area contributed by atoms with Gasteiger partial charge in [-0.1, -0.05) is 0 Å². The van der Waals surface area contributed by atoms with Crippen molar-refractivity contribution < 1.29 is 9.53 Å². The van der Waals surface area contributed by atoms with E-state index in [1.165, 1.54) is 32.1 Å². The van der Waals surface area contributed by atoms with Gasteiger partial charge in [-0.2, -0.15) is 0 Å². The minimum atomic E-state index is -0.192. The van der Waals surface area contributed by atoms with Gasteiger partial charge in [0.05, 0.1) is 17.1 Å². The van der Waals surface area contributed by atoms with Crippen LogP contribution in [0.3, 0.4) is 0 Å². The Labute approximate surface area is 169 Å². The van der Waals surface area contributed by atoms with Gasteiger partial charge in [-0.25, -0.2) is 9.59 Å². The number of aromatic nitrogens is 2. The minimum Gasteiger partial charge on any atom is -0.446 e. The van der Waals surface area contributed by atoms with Gasteiger partial charge in [-0.3, -0.25) is 4.57 Å². The summed E-state index contributed by atoms with van der Waals surface area (Å²) in [6.45, 7) is 1.15. The highest BCUT2D eigenvalue weighted by Crippen LogP contribution is 2.54. The molecule has 29 heavy (non-hydrogen) atoms. The zero-order valence-electron chi connectivity index (χ0n) is 16.5. The molecule has 4 bridgehead atoms. The maximum absolute atomic E-state index is 12.9. The van der Waals surface area contributed by atoms with Crippen LogP contribution in [-0.2, 0) is 4.74 Å². The second kappa shape index (κ2) is 6.28. The molecule has 1 aromatic carbocycles. The smallest absolute Gasteiger partial charge is 0.410 e. The van der Waals surface area contributed by atoms with Crippen LogP contribution in [0.2, 0.25) is 0 Å². The van der Waals surface area contributed by atoms with E-state index in [0.717, 1.165) is 29.3 Å². The Bertz CT molecular complexity index is 997. The molecule has 3 N–H and O–H groups in total. The van der Waals surface area contributed by atoms with Crippen molar-refractivity contribution in [2.45, 2.75) is 50.7 Å². The third kappa shape index (κ3) is 2.77. The minimum absolute atomic E-state index is 0.0362. The summed E-state index contributed by atoms with van der Waals surface area (Å²) in [7, 11) is 0. The lowest BCUT2D eigenvalue weighted by atomic mass is 9.55. The van der Waals surface area contributed by atoms with Crippen LogP contribution >= 0.6 is 0 Å². The number of rotatable bonds is 2. The fraction of sp³-hybridized carbons (Fsp3) is 0.636. The van der Waals surface area contributed by atoms with Crippen LogP contribution in [0.15, 0.2) is 23.0 Å². The molecule has 7 nitrogen and oxygen atoms in total. The summed E-state index contributed by atoms with van der Waals surface area (Å²) < 4.78 is 7.85. The largest absolute Gasteiger partial charge is 0.446 e. The Hall–Kier alpha value is -2.44. The van der Waals surface area contributed by atoms with E-state index in [4.69, 9.17) is 10.5 Å². The first-order valence-corrected chi connectivity index (χ1v) is 11.0. The van der Waals surface area contributed by atoms with Crippen molar-refractivity contribution in [3.63, 3.8) is 0 Å². The zero-order valence-corrected chi connectivity index (χ0v) is 16.5. The molecule has 1 atom stereocenters. The lowest BCUT2D eigenvalue weighted by molar-refractivity contribution is -0.101. The predicted molar refractivity (Wildman–Crippen MR) is 110 cm³/mol. The molecule has 1 amide bonds. The molecule has 0 unspecified atom stereocenters. The van der Waals surface area contributed by atoms with E-state index in [9.17, 15) is 9.59 Å². The van der Waals surface area contributed by atoms with Gasteiger partial charge in [-0.05, 0) is 80.4 Å². The topological polar surface area (TPSA) is 93.4 Å². The van der Waals surface area contributed by atoms with Crippen molar-refractivity contribution in [2.75, 3.05) is 18.8 Å². The molecule has 1 aromatic heterocycles. The number of nitrogens with one attached hydrogen (secondary N) is 1. The molecule has 4 aliphatic carbocycles. The first-order chi connectivity index (χ1) is 14.0. The quantitative estimate of drug-likeness (QED) is 0.763. The summed E-state index contributed by atoms with van der Waals surface area (Å²) in [5.41, 5.74) is 7.89. The number of aromatic amines is 1. The monoisotopic (exact) mass is 396 g/mol. The van der Waals surface area contributed by atoms with Crippen molar-refractivity contribution in [3.05, 3.63) is 28.7 Å². The molecular weight excluding hydrogens is 368 g/mol. The van der Waals surface area contributed by atoms with Gasteiger partial charge in [0.25, 0.3) is 0 Å². The number of nitrogens with two attached hydrogens (primary N) is 1. The fourth-order valence-corrected chi connectivity index (χ4v) is 6.89. The molecule has 1 aliphatic heterocycles. The third-order valence-corrected chi connectivity index (χ3v) is 7.90. The SMILES string of the molecule is Nc1ccc2c(c1)[nH]c(=O)n2[C@@H]1CCN(C(=O)OC2C3CC4CC(C3)CC2C4)C1. The Kier molecular flexibility index (Phi) is 3.77. The van der Waals surface area contributed by atoms with Gasteiger partial charge in [0.1, 0.15) is 6.10 Å². The van der Waals surface area contributed by atoms with Crippen LogP contribution in [0.1, 0.15) is 44.6 Å². The maximum atomic E-state index is 12.9. The number of H-pyrrole nitrogens is 1. The van der Waals surface area contributed by atoms with Crippen molar-refractivity contribution in [1.82, 2.24) is 14.5 Å². The Morgan fingerprint density at radius 2 is 1.83 bits per heavy atom. The van der Waals surface area contributed by atoms with E-state index in [-0.39, 0.29) is 23.9 Å². The zero-order chi connectivity index (χ0) is 19.7. The van der Waals surface area contributed by atoms with E-state index in [2.05, 4.69) is 4.98 Å². The van der Waals surface area contributed by atoms with Crippen LogP contribution in [-0.4, -0.2) is 39.7 Å². The molecule has 1 saturated heterocycles. The summed E-state index contributed by atoms with van der Waals surface area (Å²) in [5.74, 6) is 2.86. The van der Waals surface area contributed by atoms with E-state index in [1.54, 1.807) is 21.6 Å². The van der Waals surface area contributed by atoms with Gasteiger partial charge in [0.15, 0.2) is 0 Å². The van der Waals surface area contributed by atoms with Gasteiger partial charge in [0, 0.05) is 18.8 Å². The number of carbonyl (C=O) groups excluding carboxylic acids is 1. The predicted octanol–water partition coefficient (Wildman–Crippen LogP) is 3.12. The van der Waals surface area contributed by atoms with E-state index < -0.39 is 0 Å². The number of carbonyl (C=O) groups is 1. The van der Waals surface area contributed by atoms with Crippen molar-refractivity contribution >= 4 is 22.8 Å². The lowest BCUT2D eigenvalue weighted by Crippen LogP contribution is -2.51. The second-order valence-corrected chi connectivity index (χ2v) is 9.74. The highest BCUT2D eigenvalue weighted by Gasteiger charge is 2.50. The third-order valence-electron chi connectivity index (χ3n) is 7.90. The molecule has 7 heteroatoms. The fourth-order valence-electron chi connectivity index (χ4n) is 6.89. The Morgan fingerprint density at radius 1 is 1.10 bits per heavy atom. The number of nitrogen functional groups attached to an aromatic ring is 1. The lowest BCUT2D eigenvalue weighted by Gasteiger charge is -2.53. The molecule has 0 spiro atoms. The average molecular weight is 396 g/mol. The van der Waals surface area contributed by atoms with Crippen molar-refractivity contribution in [1.29, 1.82) is 0 Å². The summed E-state index contributed by atoms with van der Waals surface area (Å²) >= 11 is 0. The van der Waals surface area contributed by atoms with Gasteiger partial charge >= 0.3 is 11.8 Å². The maximum Gasteiger partial charge on any atom is 0.410 e. The summed E-state index contributed by atoms with van der Waals surface area (Å²) in [4.78, 5) is 30.1. The molecule has 4 saturated carbocycles. The van der Waals surface area contributed by atoms with E-state index in [1.807, 2.05) is 6.07 Å². The van der Waals surface area contributed by atoms with E-state index >= 15 is 0 Å². The number of likely N-dealkylation sites (tertiary alicyclic amines) is 1. The Morgan fingerprint density at radius 3 is 2.55 bits per heavy atom. The van der Waals surface area contributed by atoms with Crippen LogP contribution < -0.4 is 11.4 Å². The standard InChI is InChI=1S/C22H28N4O3/c23-16-1-2-19-18(10-16)24-21(27)26(19)17-3-4-25(11-17)22(28)29-20-14-6-12-5-13(8-14)9-15(20)7-12/h1-2,10,12-15,17,20H,3-9,11,23H2,(H,24,27)/t12?,13?,14?,15?,17-,20?/m1/s1. The molecule has 154 valence electrons. The highest BCUT2D eigenvalue weighted by molar-refractivity contribution is 5.79. The van der Waals surface area contributed by atoms with Crippen LogP contribution in [0.4, 0.5) is 10.5 Å². The van der Waals surface area contributed by atoms with Crippen LogP contribution in [0.25, 0.3) is 11.0 Å². The Balaban J connectivity index is 1.17. The number of anilines is 1. The van der Waals surface area contributed by atoms with Crippen LogP contribution in [0, 0.1) is 23.7 Å². The molecule has 2 heterocycles. The number of hydrogen-bond acceptors (Lipinski definition) is 4. The van der Waals surface area contributed by atoms with Crippen LogP contribution in [0.5, 0.6) is 0 Å². The normalized spacial score (nSPS) is 35.5. The van der Waals surface area contributed by atoms with Crippen molar-refractivity contribution in [2.24, 2.45) is 23.7 Å². The summed E-state index contributed by atoms with van der Waals surface area (Å²) in [6, 6.07) is 5.42. The van der Waals surface area contributed by atoms with Gasteiger partial charge in [-0.15, -0.1) is 0 Å². The second-order valence-electron chi connectivity index (χ2n) is 9.74.